The normalized spacial score (nSPS) is 25.6. The van der Waals surface area contributed by atoms with Gasteiger partial charge in [0.05, 0.1) is 16.7 Å². The van der Waals surface area contributed by atoms with E-state index in [0.29, 0.717) is 5.57 Å². The molecule has 26 heavy (non-hydrogen) atoms. The van der Waals surface area contributed by atoms with Crippen LogP contribution in [0.25, 0.3) is 0 Å². The van der Waals surface area contributed by atoms with Crippen molar-refractivity contribution in [1.29, 1.82) is 0 Å². The number of piperidine rings is 1. The van der Waals surface area contributed by atoms with E-state index >= 15 is 0 Å². The maximum absolute atomic E-state index is 13.2. The topological polar surface area (TPSA) is 32.4 Å². The zero-order chi connectivity index (χ0) is 20.1. The Kier molecular flexibility index (Phi) is 5.22. The molecule has 2 rings (SSSR count). The fourth-order valence-corrected chi connectivity index (χ4v) is 4.09. The van der Waals surface area contributed by atoms with Crippen LogP contribution >= 0.6 is 0 Å². The predicted molar refractivity (Wildman–Crippen MR) is 108 cm³/mol. The standard InChI is InChI=1S/C23H38NO2/c1-20(2,3)16-14-17(18(15-16)21(4,5)6)19(25)26-24-22(7,8)12-11-13-23(24,9)10/h14-15H,11-13H2,1-10H3. The van der Waals surface area contributed by atoms with Crippen molar-refractivity contribution >= 4 is 0 Å². The molecule has 2 aliphatic rings. The second-order valence-corrected chi connectivity index (χ2v) is 11.2. The SMILES string of the molecule is CC(C)(C)C1=CC(=C([O])ON2C(C)(C)CCCC2(C)C)C(C(C)(C)C)=C1. The van der Waals surface area contributed by atoms with Gasteiger partial charge in [-0.3, -0.25) is 0 Å². The minimum Gasteiger partial charge on any atom is -0.363 e. The van der Waals surface area contributed by atoms with E-state index in [4.69, 9.17) is 4.84 Å². The quantitative estimate of drug-likeness (QED) is 0.522. The lowest BCUT2D eigenvalue weighted by atomic mass is 9.82. The summed E-state index contributed by atoms with van der Waals surface area (Å²) in [6.45, 7) is 21.7. The molecule has 1 aliphatic heterocycles. The van der Waals surface area contributed by atoms with Crippen LogP contribution < -0.4 is 0 Å². The molecule has 1 saturated heterocycles. The molecule has 0 saturated carbocycles. The summed E-state index contributed by atoms with van der Waals surface area (Å²) < 4.78 is 0. The lowest BCUT2D eigenvalue weighted by molar-refractivity contribution is -0.281. The smallest absolute Gasteiger partial charge is 0.357 e. The van der Waals surface area contributed by atoms with Crippen molar-refractivity contribution in [3.63, 3.8) is 0 Å². The summed E-state index contributed by atoms with van der Waals surface area (Å²) >= 11 is 0. The largest absolute Gasteiger partial charge is 0.363 e. The van der Waals surface area contributed by atoms with Crippen LogP contribution in [-0.2, 0) is 9.94 Å². The van der Waals surface area contributed by atoms with Gasteiger partial charge in [0.25, 0.3) is 0 Å². The number of nitrogens with zero attached hydrogens (tertiary/aromatic N) is 1. The average molecular weight is 361 g/mol. The molecule has 0 amide bonds. The highest BCUT2D eigenvalue weighted by Gasteiger charge is 2.45. The number of allylic oxidation sites excluding steroid dienone is 5. The van der Waals surface area contributed by atoms with Gasteiger partial charge in [-0.1, -0.05) is 47.6 Å². The molecule has 1 radical (unpaired) electrons. The number of hydrogen-bond donors (Lipinski definition) is 0. The van der Waals surface area contributed by atoms with Crippen LogP contribution in [0.3, 0.4) is 0 Å². The molecule has 3 nitrogen and oxygen atoms in total. The number of hydrogen-bond acceptors (Lipinski definition) is 2. The number of rotatable bonds is 2. The molecule has 0 bridgehead atoms. The summed E-state index contributed by atoms with van der Waals surface area (Å²) in [6, 6.07) is 0. The molecule has 147 valence electrons. The average Bonchev–Trinajstić information content (AvgIpc) is 2.87. The highest BCUT2D eigenvalue weighted by atomic mass is 16.7. The van der Waals surface area contributed by atoms with E-state index in [0.717, 1.165) is 24.8 Å². The first-order chi connectivity index (χ1) is 11.6. The molecule has 1 fully saturated rings. The van der Waals surface area contributed by atoms with Crippen molar-refractivity contribution in [3.8, 4) is 0 Å². The Bertz CT molecular complexity index is 633. The van der Waals surface area contributed by atoms with Gasteiger partial charge in [0.15, 0.2) is 0 Å². The fraction of sp³-hybridized carbons (Fsp3) is 0.739. The van der Waals surface area contributed by atoms with E-state index in [-0.39, 0.29) is 27.9 Å². The molecule has 0 aromatic rings. The molecule has 0 aromatic carbocycles. The molecular formula is C23H38NO2. The Morgan fingerprint density at radius 1 is 0.923 bits per heavy atom. The second-order valence-electron chi connectivity index (χ2n) is 11.2. The second kappa shape index (κ2) is 6.44. The van der Waals surface area contributed by atoms with Crippen LogP contribution in [0.5, 0.6) is 0 Å². The van der Waals surface area contributed by atoms with Crippen molar-refractivity contribution in [2.45, 2.75) is 99.6 Å². The highest BCUT2D eigenvalue weighted by molar-refractivity contribution is 5.56. The minimum absolute atomic E-state index is 0.00218. The maximum atomic E-state index is 13.2. The molecule has 0 spiro atoms. The van der Waals surface area contributed by atoms with Gasteiger partial charge in [-0.25, -0.2) is 5.11 Å². The molecule has 0 atom stereocenters. The van der Waals surface area contributed by atoms with Crippen LogP contribution in [-0.4, -0.2) is 16.1 Å². The molecule has 1 heterocycles. The summed E-state index contributed by atoms with van der Waals surface area (Å²) in [5.41, 5.74) is 2.55. The van der Waals surface area contributed by atoms with E-state index < -0.39 is 0 Å². The summed E-state index contributed by atoms with van der Waals surface area (Å²) in [5.74, 6) is -0.228. The van der Waals surface area contributed by atoms with Gasteiger partial charge >= 0.3 is 5.95 Å². The van der Waals surface area contributed by atoms with Crippen LogP contribution in [0, 0.1) is 10.8 Å². The Balaban J connectivity index is 2.46. The first-order valence-corrected chi connectivity index (χ1v) is 9.90. The van der Waals surface area contributed by atoms with Crippen LogP contribution in [0.4, 0.5) is 0 Å². The van der Waals surface area contributed by atoms with Gasteiger partial charge < -0.3 is 4.84 Å². The van der Waals surface area contributed by atoms with Crippen molar-refractivity contribution in [3.05, 3.63) is 34.8 Å². The Morgan fingerprint density at radius 3 is 1.85 bits per heavy atom. The third-order valence-corrected chi connectivity index (χ3v) is 5.63. The van der Waals surface area contributed by atoms with Gasteiger partial charge in [0, 0.05) is 0 Å². The van der Waals surface area contributed by atoms with Crippen LogP contribution in [0.15, 0.2) is 34.8 Å². The summed E-state index contributed by atoms with van der Waals surface area (Å²) in [7, 11) is 0. The van der Waals surface area contributed by atoms with E-state index in [9.17, 15) is 5.11 Å². The zero-order valence-corrected chi connectivity index (χ0v) is 18.5. The van der Waals surface area contributed by atoms with Crippen molar-refractivity contribution < 1.29 is 9.94 Å². The molecule has 3 heteroatoms. The Hall–Kier alpha value is -1.22. The molecule has 0 unspecified atom stereocenters. The Labute approximate surface area is 160 Å². The fourth-order valence-electron chi connectivity index (χ4n) is 4.09. The van der Waals surface area contributed by atoms with E-state index in [1.165, 1.54) is 5.57 Å². The lowest BCUT2D eigenvalue weighted by Crippen LogP contribution is -2.58. The monoisotopic (exact) mass is 360 g/mol. The number of hydroxylamine groups is 2. The van der Waals surface area contributed by atoms with Gasteiger partial charge in [-0.15, -0.1) is 5.06 Å². The minimum atomic E-state index is -0.228. The lowest BCUT2D eigenvalue weighted by Gasteiger charge is -2.50. The first kappa shape index (κ1) is 21.1. The summed E-state index contributed by atoms with van der Waals surface area (Å²) in [6.07, 6.45) is 7.44. The molecular weight excluding hydrogens is 322 g/mol. The van der Waals surface area contributed by atoms with E-state index in [2.05, 4.69) is 75.3 Å². The third-order valence-electron chi connectivity index (χ3n) is 5.63. The maximum Gasteiger partial charge on any atom is 0.357 e. The Morgan fingerprint density at radius 2 is 1.42 bits per heavy atom. The zero-order valence-electron chi connectivity index (χ0n) is 18.5. The molecule has 0 N–H and O–H groups in total. The predicted octanol–water partition coefficient (Wildman–Crippen LogP) is 6.56. The van der Waals surface area contributed by atoms with E-state index in [1.807, 2.05) is 11.1 Å². The van der Waals surface area contributed by atoms with Crippen molar-refractivity contribution in [2.75, 3.05) is 0 Å². The van der Waals surface area contributed by atoms with Crippen molar-refractivity contribution in [2.24, 2.45) is 10.8 Å². The van der Waals surface area contributed by atoms with Crippen molar-refractivity contribution in [1.82, 2.24) is 5.06 Å². The van der Waals surface area contributed by atoms with Crippen LogP contribution in [0.2, 0.25) is 0 Å². The van der Waals surface area contributed by atoms with Gasteiger partial charge in [-0.2, -0.15) is 0 Å². The van der Waals surface area contributed by atoms with Crippen LogP contribution in [0.1, 0.15) is 88.5 Å². The first-order valence-electron chi connectivity index (χ1n) is 9.90. The molecule has 1 aliphatic carbocycles. The summed E-state index contributed by atoms with van der Waals surface area (Å²) in [5, 5.41) is 15.2. The van der Waals surface area contributed by atoms with Gasteiger partial charge in [-0.05, 0) is 75.0 Å². The third kappa shape index (κ3) is 4.19. The summed E-state index contributed by atoms with van der Waals surface area (Å²) in [4.78, 5) is 6.06. The van der Waals surface area contributed by atoms with E-state index in [1.54, 1.807) is 0 Å². The molecule has 0 aromatic heterocycles. The van der Waals surface area contributed by atoms with Gasteiger partial charge in [0.1, 0.15) is 0 Å². The highest BCUT2D eigenvalue weighted by Crippen LogP contribution is 2.45. The van der Waals surface area contributed by atoms with Gasteiger partial charge in [0.2, 0.25) is 0 Å².